The van der Waals surface area contributed by atoms with E-state index < -0.39 is 53.9 Å². The minimum Gasteiger partial charge on any atom is -0.619 e. The van der Waals surface area contributed by atoms with Gasteiger partial charge in [-0.05, 0) is 79.7 Å². The number of esters is 1. The Bertz CT molecular complexity index is 3450. The summed E-state index contributed by atoms with van der Waals surface area (Å²) < 4.78 is 59.9. The minimum absolute atomic E-state index is 0.0219. The molecule has 2 aromatic carbocycles. The van der Waals surface area contributed by atoms with Gasteiger partial charge in [0.2, 0.25) is 41.9 Å². The Morgan fingerprint density at radius 2 is 1.08 bits per heavy atom. The Hall–Kier alpha value is -8.24. The molecule has 0 aliphatic rings. The van der Waals surface area contributed by atoms with E-state index in [0.717, 1.165) is 23.3 Å². The molecule has 6 heterocycles. The molecule has 22 heteroatoms. The largest absolute Gasteiger partial charge is 0.619 e. The van der Waals surface area contributed by atoms with Gasteiger partial charge in [0.25, 0.3) is 0 Å². The monoisotopic (exact) mass is 876 g/mol. The Morgan fingerprint density at radius 3 is 1.52 bits per heavy atom. The number of nitrogens with zero attached hydrogens (tertiary/aromatic N) is 8. The molecule has 1 N–H and O–H groups in total. The van der Waals surface area contributed by atoms with Crippen molar-refractivity contribution < 1.29 is 45.7 Å². The van der Waals surface area contributed by atoms with E-state index in [2.05, 4.69) is 20.2 Å². The molecule has 0 fully saturated rings. The van der Waals surface area contributed by atoms with E-state index in [1.165, 1.54) is 114 Å². The first kappa shape index (κ1) is 41.9. The van der Waals surface area contributed by atoms with Gasteiger partial charge in [0.1, 0.15) is 9.79 Å². The summed E-state index contributed by atoms with van der Waals surface area (Å²) in [5.74, 6) is -2.42. The highest BCUT2D eigenvalue weighted by atomic mass is 32.2. The molecule has 0 atom stereocenters. The second-order valence-corrected chi connectivity index (χ2v) is 16.7. The van der Waals surface area contributed by atoms with Crippen LogP contribution in [0, 0.1) is 10.4 Å². The Balaban J connectivity index is 0.000000187. The second kappa shape index (κ2) is 16.8. The third-order valence-electron chi connectivity index (χ3n) is 8.83. The van der Waals surface area contributed by atoms with Crippen molar-refractivity contribution in [1.29, 1.82) is 0 Å². The highest BCUT2D eigenvalue weighted by molar-refractivity contribution is 7.91. The van der Waals surface area contributed by atoms with Crippen molar-refractivity contribution in [1.82, 2.24) is 29.5 Å². The number of carboxylic acid groups (broad SMARTS) is 1. The van der Waals surface area contributed by atoms with Crippen LogP contribution in [0.4, 0.5) is 0 Å². The standard InChI is InChI=1S/C21H16N4O6S.C19H12N4O6S/c1-2-31-21(27)18-19(26)17-9-4-10-22-20(17)25(23-18)14-6-3-7-15(12-14)32(29,30)16-8-5-11-24(28)13-16;24-17-15-7-2-8-20-18(15)23(21-16(17)19(25)26)12-4-1-5-13(10-12)30(28,29)14-6-3-9-22(27)11-14/h3-13H,2H2,1H3;1-11H,(H,25,26). The molecule has 8 aromatic rings. The van der Waals surface area contributed by atoms with E-state index in [4.69, 9.17) is 4.74 Å². The lowest BCUT2D eigenvalue weighted by Crippen LogP contribution is -2.25. The Kier molecular flexibility index (Phi) is 11.3. The van der Waals surface area contributed by atoms with Crippen LogP contribution >= 0.6 is 0 Å². The number of ether oxygens (including phenoxy) is 1. The van der Waals surface area contributed by atoms with Crippen LogP contribution in [-0.4, -0.2) is 70.0 Å². The molecule has 8 rings (SSSR count). The molecule has 0 bridgehead atoms. The average Bonchev–Trinajstić information content (AvgIpc) is 3.27. The number of carboxylic acids is 1. The number of benzene rings is 2. The predicted octanol–water partition coefficient (Wildman–Crippen LogP) is 2.37. The molecule has 62 heavy (non-hydrogen) atoms. The third-order valence-corrected chi connectivity index (χ3v) is 12.3. The van der Waals surface area contributed by atoms with Gasteiger partial charge in [-0.3, -0.25) is 9.59 Å². The summed E-state index contributed by atoms with van der Waals surface area (Å²) in [6.07, 6.45) is 7.06. The molecule has 6 aromatic heterocycles. The van der Waals surface area contributed by atoms with Gasteiger partial charge >= 0.3 is 11.9 Å². The number of pyridine rings is 4. The van der Waals surface area contributed by atoms with Gasteiger partial charge in [-0.1, -0.05) is 12.1 Å². The molecule has 0 spiro atoms. The molecular weight excluding hydrogens is 849 g/mol. The van der Waals surface area contributed by atoms with Crippen molar-refractivity contribution in [2.24, 2.45) is 0 Å². The van der Waals surface area contributed by atoms with Gasteiger partial charge in [-0.2, -0.15) is 19.7 Å². The van der Waals surface area contributed by atoms with Crippen LogP contribution in [0.5, 0.6) is 0 Å². The molecule has 20 nitrogen and oxygen atoms in total. The second-order valence-electron chi connectivity index (χ2n) is 12.8. The maximum Gasteiger partial charge on any atom is 0.362 e. The number of rotatable bonds is 9. The molecule has 312 valence electrons. The summed E-state index contributed by atoms with van der Waals surface area (Å²) in [7, 11) is -8.06. The van der Waals surface area contributed by atoms with Crippen molar-refractivity contribution in [3.63, 3.8) is 0 Å². The van der Waals surface area contributed by atoms with Crippen LogP contribution < -0.4 is 20.3 Å². The maximum absolute atomic E-state index is 13.0. The predicted molar refractivity (Wildman–Crippen MR) is 215 cm³/mol. The molecule has 0 radical (unpaired) electrons. The summed E-state index contributed by atoms with van der Waals surface area (Å²) in [6.45, 7) is 1.65. The van der Waals surface area contributed by atoms with Crippen molar-refractivity contribution in [3.05, 3.63) is 176 Å². The number of aromatic carboxylic acids is 1. The van der Waals surface area contributed by atoms with E-state index in [1.807, 2.05) is 0 Å². The van der Waals surface area contributed by atoms with Gasteiger partial charge in [0, 0.05) is 24.5 Å². The molecule has 0 saturated carbocycles. The number of aromatic nitrogens is 8. The number of sulfone groups is 2. The van der Waals surface area contributed by atoms with E-state index in [1.54, 1.807) is 13.0 Å². The van der Waals surface area contributed by atoms with E-state index >= 15 is 0 Å². The topological polar surface area (TPSA) is 281 Å². The van der Waals surface area contributed by atoms with Gasteiger partial charge in [-0.25, -0.2) is 45.8 Å². The maximum atomic E-state index is 13.0. The van der Waals surface area contributed by atoms with Crippen LogP contribution in [-0.2, 0) is 24.4 Å². The van der Waals surface area contributed by atoms with E-state index in [0.29, 0.717) is 9.46 Å². The molecule has 0 saturated heterocycles. The first-order chi connectivity index (χ1) is 29.6. The lowest BCUT2D eigenvalue weighted by atomic mass is 10.2. The van der Waals surface area contributed by atoms with Gasteiger partial charge in [0.15, 0.2) is 36.1 Å². The zero-order chi connectivity index (χ0) is 44.3. The smallest absolute Gasteiger partial charge is 0.362 e. The number of hydrogen-bond donors (Lipinski definition) is 1. The molecule has 0 aliphatic carbocycles. The highest BCUT2D eigenvalue weighted by Gasteiger charge is 2.25. The van der Waals surface area contributed by atoms with Crippen molar-refractivity contribution in [2.75, 3.05) is 6.61 Å². The van der Waals surface area contributed by atoms with Gasteiger partial charge < -0.3 is 20.3 Å². The minimum atomic E-state index is -4.04. The summed E-state index contributed by atoms with van der Waals surface area (Å²) in [6, 6.07) is 22.4. The lowest BCUT2D eigenvalue weighted by molar-refractivity contribution is -0.607. The quantitative estimate of drug-likeness (QED) is 0.124. The molecule has 0 amide bonds. The average molecular weight is 877 g/mol. The summed E-state index contributed by atoms with van der Waals surface area (Å²) >= 11 is 0. The van der Waals surface area contributed by atoms with Crippen LogP contribution in [0.3, 0.4) is 0 Å². The van der Waals surface area contributed by atoms with Crippen LogP contribution in [0.25, 0.3) is 33.4 Å². The number of carbonyl (C=O) groups excluding carboxylic acids is 1. The van der Waals surface area contributed by atoms with Gasteiger partial charge in [0.05, 0.1) is 38.5 Å². The van der Waals surface area contributed by atoms with Crippen LogP contribution in [0.2, 0.25) is 0 Å². The Labute approximate surface area is 348 Å². The Morgan fingerprint density at radius 1 is 0.645 bits per heavy atom. The van der Waals surface area contributed by atoms with E-state index in [-0.39, 0.29) is 59.6 Å². The number of hydrogen-bond acceptors (Lipinski definition) is 15. The normalized spacial score (nSPS) is 11.4. The van der Waals surface area contributed by atoms with Crippen molar-refractivity contribution in [3.8, 4) is 11.4 Å². The van der Waals surface area contributed by atoms with Crippen LogP contribution in [0.15, 0.2) is 163 Å². The molecule has 0 unspecified atom stereocenters. The zero-order valence-electron chi connectivity index (χ0n) is 31.7. The third kappa shape index (κ3) is 8.04. The fourth-order valence-corrected chi connectivity index (χ4v) is 8.60. The molecule has 0 aliphatic heterocycles. The lowest BCUT2D eigenvalue weighted by Gasteiger charge is -2.12. The first-order valence-electron chi connectivity index (χ1n) is 17.9. The van der Waals surface area contributed by atoms with Crippen molar-refractivity contribution in [2.45, 2.75) is 26.5 Å². The first-order valence-corrected chi connectivity index (χ1v) is 20.8. The number of carbonyl (C=O) groups is 2. The summed E-state index contributed by atoms with van der Waals surface area (Å²) in [5, 5.41) is 40.5. The highest BCUT2D eigenvalue weighted by Crippen LogP contribution is 2.25. The summed E-state index contributed by atoms with van der Waals surface area (Å²) in [4.78, 5) is 56.5. The SMILES string of the molecule is CCOC(=O)c1nn(-c2cccc(S(=O)(=O)c3ccc[n+]([O-])c3)c2)c2ncccc2c1=O.O=C(O)c1nn(-c2cccc(S(=O)(=O)c3ccc[n+]([O-])c3)c2)c2ncccc2c1=O. The summed E-state index contributed by atoms with van der Waals surface area (Å²) in [5.41, 5.74) is -1.99. The van der Waals surface area contributed by atoms with Crippen molar-refractivity contribution >= 4 is 53.7 Å². The van der Waals surface area contributed by atoms with E-state index in [9.17, 15) is 51.5 Å². The van der Waals surface area contributed by atoms with Crippen LogP contribution in [0.1, 0.15) is 27.9 Å². The number of fused-ring (bicyclic) bond motifs is 2. The molecular formula is C40H28N8O12S2. The fraction of sp³-hybridized carbons (Fsp3) is 0.0500. The van der Waals surface area contributed by atoms with Gasteiger partial charge in [-0.15, -0.1) is 0 Å². The zero-order valence-corrected chi connectivity index (χ0v) is 33.4. The fourth-order valence-electron chi connectivity index (χ4n) is 5.98.